The Kier molecular flexibility index (Phi) is 3.28. The third kappa shape index (κ3) is 2.69. The number of nitrogen functional groups attached to an aromatic ring is 1. The van der Waals surface area contributed by atoms with E-state index in [4.69, 9.17) is 15.9 Å². The minimum absolute atomic E-state index is 0.0103. The first-order chi connectivity index (χ1) is 10.1. The lowest BCUT2D eigenvalue weighted by Gasteiger charge is -2.11. The van der Waals surface area contributed by atoms with Gasteiger partial charge in [-0.05, 0) is 42.8 Å². The van der Waals surface area contributed by atoms with Gasteiger partial charge < -0.3 is 10.5 Å². The summed E-state index contributed by atoms with van der Waals surface area (Å²) in [5.41, 5.74) is 8.10. The van der Waals surface area contributed by atoms with Gasteiger partial charge in [0.2, 0.25) is 0 Å². The van der Waals surface area contributed by atoms with Gasteiger partial charge in [0.1, 0.15) is 17.3 Å². The van der Waals surface area contributed by atoms with Crippen molar-refractivity contribution in [2.45, 2.75) is 6.92 Å². The second-order valence-electron chi connectivity index (χ2n) is 4.87. The van der Waals surface area contributed by atoms with E-state index >= 15 is 0 Å². The van der Waals surface area contributed by atoms with Crippen LogP contribution < -0.4 is 10.5 Å². The molecule has 0 bridgehead atoms. The third-order valence-corrected chi connectivity index (χ3v) is 3.23. The Bertz CT molecular complexity index is 827. The van der Waals surface area contributed by atoms with E-state index in [0.717, 1.165) is 16.5 Å². The Morgan fingerprint density at radius 2 is 2.00 bits per heavy atom. The number of pyridine rings is 1. The number of nitrogens with zero attached hydrogens (tertiary/aromatic N) is 1. The molecule has 0 unspecified atom stereocenters. The molecule has 4 heteroatoms. The van der Waals surface area contributed by atoms with E-state index in [1.165, 1.54) is 0 Å². The van der Waals surface area contributed by atoms with E-state index < -0.39 is 0 Å². The molecule has 0 aliphatic carbocycles. The summed E-state index contributed by atoms with van der Waals surface area (Å²) in [4.78, 5) is 4.31. The van der Waals surface area contributed by atoms with Crippen LogP contribution in [0.4, 0.5) is 0 Å². The molecule has 0 fully saturated rings. The van der Waals surface area contributed by atoms with Crippen molar-refractivity contribution in [3.63, 3.8) is 0 Å². The van der Waals surface area contributed by atoms with Gasteiger partial charge in [-0.2, -0.15) is 0 Å². The number of hydrogen-bond donors (Lipinski definition) is 2. The second-order valence-corrected chi connectivity index (χ2v) is 4.87. The Balaban J connectivity index is 2.02. The maximum absolute atomic E-state index is 7.63. The lowest BCUT2D eigenvalue weighted by atomic mass is 10.1. The lowest BCUT2D eigenvalue weighted by molar-refractivity contribution is 0.482. The topological polar surface area (TPSA) is 72.0 Å². The second kappa shape index (κ2) is 5.25. The van der Waals surface area contributed by atoms with Crippen molar-refractivity contribution < 1.29 is 4.74 Å². The summed E-state index contributed by atoms with van der Waals surface area (Å²) in [5, 5.41) is 8.69. The Morgan fingerprint density at radius 1 is 1.14 bits per heavy atom. The molecule has 3 rings (SSSR count). The maximum Gasteiger partial charge on any atom is 0.138 e. The molecule has 0 amide bonds. The highest BCUT2D eigenvalue weighted by atomic mass is 16.5. The summed E-state index contributed by atoms with van der Waals surface area (Å²) < 4.78 is 5.90. The smallest absolute Gasteiger partial charge is 0.138 e. The fourth-order valence-electron chi connectivity index (χ4n) is 2.17. The minimum Gasteiger partial charge on any atom is -0.457 e. The molecule has 0 spiro atoms. The number of nitrogens with two attached hydrogens (primary N) is 1. The van der Waals surface area contributed by atoms with Gasteiger partial charge in [0.15, 0.2) is 0 Å². The highest BCUT2D eigenvalue weighted by Crippen LogP contribution is 2.28. The Hall–Kier alpha value is -2.88. The number of benzene rings is 2. The van der Waals surface area contributed by atoms with Crippen molar-refractivity contribution in [1.29, 1.82) is 5.41 Å². The normalized spacial score (nSPS) is 10.5. The van der Waals surface area contributed by atoms with Crippen molar-refractivity contribution in [3.05, 3.63) is 65.9 Å². The van der Waals surface area contributed by atoms with E-state index in [-0.39, 0.29) is 5.84 Å². The standard InChI is InChI=1S/C17H15N3O/c1-11-4-7-14(17(18)19)16(9-11)21-13-6-5-12-3-2-8-20-15(12)10-13/h2-10H,1H3,(H3,18,19). The number of rotatable bonds is 3. The molecule has 0 saturated heterocycles. The molecule has 0 atom stereocenters. The first-order valence-corrected chi connectivity index (χ1v) is 6.61. The highest BCUT2D eigenvalue weighted by molar-refractivity contribution is 5.97. The molecule has 1 heterocycles. The molecule has 4 nitrogen and oxygen atoms in total. The monoisotopic (exact) mass is 277 g/mol. The van der Waals surface area contributed by atoms with E-state index in [1.54, 1.807) is 12.3 Å². The van der Waals surface area contributed by atoms with Crippen LogP contribution in [-0.4, -0.2) is 10.8 Å². The van der Waals surface area contributed by atoms with Crippen LogP contribution in [0.25, 0.3) is 10.9 Å². The summed E-state index contributed by atoms with van der Waals surface area (Å²) in [6, 6.07) is 15.2. The number of nitrogens with one attached hydrogen (secondary N) is 1. The SMILES string of the molecule is Cc1ccc(C(=N)N)c(Oc2ccc3cccnc3c2)c1. The predicted molar refractivity (Wildman–Crippen MR) is 84.0 cm³/mol. The first-order valence-electron chi connectivity index (χ1n) is 6.61. The lowest BCUT2D eigenvalue weighted by Crippen LogP contribution is -2.12. The van der Waals surface area contributed by atoms with Crippen LogP contribution in [-0.2, 0) is 0 Å². The quantitative estimate of drug-likeness (QED) is 0.567. The fraction of sp³-hybridized carbons (Fsp3) is 0.0588. The first kappa shape index (κ1) is 13.1. The van der Waals surface area contributed by atoms with Crippen LogP contribution in [0.5, 0.6) is 11.5 Å². The van der Waals surface area contributed by atoms with Gasteiger partial charge in [0.25, 0.3) is 0 Å². The van der Waals surface area contributed by atoms with Crippen molar-refractivity contribution in [2.75, 3.05) is 0 Å². The molecular weight excluding hydrogens is 262 g/mol. The van der Waals surface area contributed by atoms with Crippen molar-refractivity contribution in [2.24, 2.45) is 5.73 Å². The van der Waals surface area contributed by atoms with Gasteiger partial charge in [0.05, 0.1) is 11.1 Å². The van der Waals surface area contributed by atoms with Crippen LogP contribution in [0, 0.1) is 12.3 Å². The number of aromatic nitrogens is 1. The summed E-state index contributed by atoms with van der Waals surface area (Å²) in [5.74, 6) is 1.25. The van der Waals surface area contributed by atoms with Gasteiger partial charge in [-0.25, -0.2) is 0 Å². The predicted octanol–water partition coefficient (Wildman–Crippen LogP) is 3.62. The molecule has 0 aliphatic rings. The zero-order valence-corrected chi connectivity index (χ0v) is 11.6. The fourth-order valence-corrected chi connectivity index (χ4v) is 2.17. The molecule has 3 aromatic rings. The molecule has 104 valence electrons. The van der Waals surface area contributed by atoms with Crippen LogP contribution >= 0.6 is 0 Å². The minimum atomic E-state index is -0.0103. The molecule has 3 N–H and O–H groups in total. The number of aryl methyl sites for hydroxylation is 1. The van der Waals surface area contributed by atoms with Gasteiger partial charge in [-0.3, -0.25) is 10.4 Å². The Morgan fingerprint density at radius 3 is 2.81 bits per heavy atom. The van der Waals surface area contributed by atoms with E-state index in [2.05, 4.69) is 4.98 Å². The number of ether oxygens (including phenoxy) is 1. The number of fused-ring (bicyclic) bond motifs is 1. The van der Waals surface area contributed by atoms with E-state index in [1.807, 2.05) is 49.4 Å². The van der Waals surface area contributed by atoms with Gasteiger partial charge >= 0.3 is 0 Å². The number of hydrogen-bond acceptors (Lipinski definition) is 3. The van der Waals surface area contributed by atoms with Gasteiger partial charge in [-0.15, -0.1) is 0 Å². The number of amidine groups is 1. The average molecular weight is 277 g/mol. The molecule has 1 aromatic heterocycles. The van der Waals surface area contributed by atoms with Gasteiger partial charge in [-0.1, -0.05) is 12.1 Å². The highest BCUT2D eigenvalue weighted by Gasteiger charge is 2.08. The van der Waals surface area contributed by atoms with Crippen LogP contribution in [0.2, 0.25) is 0 Å². The molecule has 0 saturated carbocycles. The van der Waals surface area contributed by atoms with E-state index in [0.29, 0.717) is 17.1 Å². The average Bonchev–Trinajstić information content (AvgIpc) is 2.47. The van der Waals surface area contributed by atoms with E-state index in [9.17, 15) is 0 Å². The molecule has 2 aromatic carbocycles. The van der Waals surface area contributed by atoms with Gasteiger partial charge in [0, 0.05) is 17.6 Å². The molecular formula is C17H15N3O. The zero-order valence-electron chi connectivity index (χ0n) is 11.6. The summed E-state index contributed by atoms with van der Waals surface area (Å²) in [6.07, 6.45) is 1.75. The van der Waals surface area contributed by atoms with Crippen molar-refractivity contribution in [1.82, 2.24) is 4.98 Å². The Labute approximate surface area is 122 Å². The van der Waals surface area contributed by atoms with Crippen LogP contribution in [0.15, 0.2) is 54.7 Å². The largest absolute Gasteiger partial charge is 0.457 e. The summed E-state index contributed by atoms with van der Waals surface area (Å²) in [7, 11) is 0. The van der Waals surface area contributed by atoms with Crippen molar-refractivity contribution >= 4 is 16.7 Å². The molecule has 0 aliphatic heterocycles. The van der Waals surface area contributed by atoms with Crippen molar-refractivity contribution in [3.8, 4) is 11.5 Å². The zero-order chi connectivity index (χ0) is 14.8. The summed E-state index contributed by atoms with van der Waals surface area (Å²) >= 11 is 0. The third-order valence-electron chi connectivity index (χ3n) is 3.23. The maximum atomic E-state index is 7.63. The summed E-state index contributed by atoms with van der Waals surface area (Å²) in [6.45, 7) is 1.97. The molecule has 0 radical (unpaired) electrons. The van der Waals surface area contributed by atoms with Crippen LogP contribution in [0.3, 0.4) is 0 Å². The van der Waals surface area contributed by atoms with Crippen LogP contribution in [0.1, 0.15) is 11.1 Å². The molecule has 21 heavy (non-hydrogen) atoms.